The molecule has 148 valence electrons. The van der Waals surface area contributed by atoms with Crippen LogP contribution in [0.3, 0.4) is 0 Å². The zero-order valence-corrected chi connectivity index (χ0v) is 15.4. The smallest absolute Gasteiger partial charge is 0.416 e. The number of unbranched alkanes of at least 4 members (excludes halogenated alkanes) is 2. The molecule has 8 heteroatoms. The van der Waals surface area contributed by atoms with Crippen LogP contribution in [0.4, 0.5) is 13.2 Å². The van der Waals surface area contributed by atoms with Crippen LogP contribution in [-0.4, -0.2) is 53.9 Å². The summed E-state index contributed by atoms with van der Waals surface area (Å²) in [6, 6.07) is 2.56. The number of nitrogens with zero attached hydrogens (tertiary/aromatic N) is 2. The Morgan fingerprint density at radius 2 is 2.00 bits per heavy atom. The molecule has 2 aliphatic heterocycles. The lowest BCUT2D eigenvalue weighted by molar-refractivity contribution is -0.137. The molecule has 0 aromatic heterocycles. The fourth-order valence-corrected chi connectivity index (χ4v) is 3.61. The second kappa shape index (κ2) is 7.40. The summed E-state index contributed by atoms with van der Waals surface area (Å²) >= 11 is 0. The van der Waals surface area contributed by atoms with E-state index in [2.05, 4.69) is 6.92 Å². The molecule has 0 radical (unpaired) electrons. The quantitative estimate of drug-likeness (QED) is 0.749. The summed E-state index contributed by atoms with van der Waals surface area (Å²) in [5.74, 6) is -0.370. The maximum atomic E-state index is 13.0. The number of ether oxygens (including phenoxy) is 1. The van der Waals surface area contributed by atoms with Gasteiger partial charge in [-0.25, -0.2) is 0 Å². The lowest BCUT2D eigenvalue weighted by Crippen LogP contribution is -2.44. The van der Waals surface area contributed by atoms with E-state index in [9.17, 15) is 22.8 Å². The standard InChI is InChI=1S/C19H23F3N2O3/c1-3-4-5-6-17(25)24-10-14-16(11-24)27-15-8-7-12(19(20,21)22)9-13(15)18(26)23(14)2/h7-9,14,16H,3-6,10-11H2,1-2H3. The average Bonchev–Trinajstić information content (AvgIpc) is 3.00. The van der Waals surface area contributed by atoms with Crippen molar-refractivity contribution < 1.29 is 27.5 Å². The normalized spacial score (nSPS) is 22.2. The fraction of sp³-hybridized carbons (Fsp3) is 0.579. The molecule has 1 fully saturated rings. The van der Waals surface area contributed by atoms with Gasteiger partial charge in [0.25, 0.3) is 5.91 Å². The fourth-order valence-electron chi connectivity index (χ4n) is 3.61. The number of halogens is 3. The molecule has 1 aromatic rings. The Morgan fingerprint density at radius 1 is 1.26 bits per heavy atom. The topological polar surface area (TPSA) is 49.9 Å². The Labute approximate surface area is 156 Å². The number of alkyl halides is 3. The summed E-state index contributed by atoms with van der Waals surface area (Å²) in [6.45, 7) is 2.72. The van der Waals surface area contributed by atoms with E-state index in [0.29, 0.717) is 19.5 Å². The van der Waals surface area contributed by atoms with Gasteiger partial charge in [0.15, 0.2) is 0 Å². The largest absolute Gasteiger partial charge is 0.486 e. The lowest BCUT2D eigenvalue weighted by atomic mass is 10.1. The van der Waals surface area contributed by atoms with Crippen LogP contribution in [0, 0.1) is 0 Å². The molecule has 5 nitrogen and oxygen atoms in total. The van der Waals surface area contributed by atoms with Crippen molar-refractivity contribution in [1.29, 1.82) is 0 Å². The molecular weight excluding hydrogens is 361 g/mol. The maximum absolute atomic E-state index is 13.0. The number of amides is 2. The highest BCUT2D eigenvalue weighted by atomic mass is 19.4. The van der Waals surface area contributed by atoms with Crippen molar-refractivity contribution in [3.05, 3.63) is 29.3 Å². The molecule has 27 heavy (non-hydrogen) atoms. The van der Waals surface area contributed by atoms with Crippen LogP contribution < -0.4 is 4.74 Å². The average molecular weight is 384 g/mol. The second-order valence-corrected chi connectivity index (χ2v) is 7.10. The van der Waals surface area contributed by atoms with Gasteiger partial charge >= 0.3 is 6.18 Å². The molecule has 1 aromatic carbocycles. The highest BCUT2D eigenvalue weighted by Gasteiger charge is 2.44. The number of rotatable bonds is 4. The summed E-state index contributed by atoms with van der Waals surface area (Å²) < 4.78 is 44.8. The highest BCUT2D eigenvalue weighted by Crippen LogP contribution is 2.36. The maximum Gasteiger partial charge on any atom is 0.416 e. The van der Waals surface area contributed by atoms with Crippen LogP contribution in [0.15, 0.2) is 18.2 Å². The number of hydrogen-bond donors (Lipinski definition) is 0. The minimum atomic E-state index is -4.53. The van der Waals surface area contributed by atoms with Gasteiger partial charge in [-0.2, -0.15) is 13.2 Å². The molecule has 0 spiro atoms. The number of benzene rings is 1. The predicted octanol–water partition coefficient (Wildman–Crippen LogP) is 3.33. The molecular formula is C19H23F3N2O3. The van der Waals surface area contributed by atoms with Gasteiger partial charge in [-0.1, -0.05) is 19.8 Å². The van der Waals surface area contributed by atoms with Gasteiger partial charge in [-0.15, -0.1) is 0 Å². The van der Waals surface area contributed by atoms with Gasteiger partial charge in [0.05, 0.1) is 23.7 Å². The Bertz CT molecular complexity index is 735. The third kappa shape index (κ3) is 3.89. The van der Waals surface area contributed by atoms with Crippen LogP contribution in [0.25, 0.3) is 0 Å². The zero-order valence-electron chi connectivity index (χ0n) is 15.4. The van der Waals surface area contributed by atoms with Crippen LogP contribution in [0.5, 0.6) is 5.75 Å². The second-order valence-electron chi connectivity index (χ2n) is 7.10. The minimum absolute atomic E-state index is 0.0219. The van der Waals surface area contributed by atoms with Crippen LogP contribution in [0.1, 0.15) is 48.5 Å². The van der Waals surface area contributed by atoms with Gasteiger partial charge < -0.3 is 14.5 Å². The number of fused-ring (bicyclic) bond motifs is 2. The van der Waals surface area contributed by atoms with Crippen molar-refractivity contribution in [2.75, 3.05) is 20.1 Å². The van der Waals surface area contributed by atoms with E-state index < -0.39 is 23.8 Å². The number of likely N-dealkylation sites (tertiary alicyclic amines) is 1. The van der Waals surface area contributed by atoms with Gasteiger partial charge in [0.2, 0.25) is 5.91 Å². The van der Waals surface area contributed by atoms with Crippen molar-refractivity contribution in [2.45, 2.75) is 50.9 Å². The first kappa shape index (κ1) is 19.5. The minimum Gasteiger partial charge on any atom is -0.486 e. The molecule has 0 aliphatic carbocycles. The van der Waals surface area contributed by atoms with Crippen LogP contribution in [-0.2, 0) is 11.0 Å². The number of hydrogen-bond acceptors (Lipinski definition) is 3. The molecule has 0 bridgehead atoms. The number of carbonyl (C=O) groups is 2. The Hall–Kier alpha value is -2.25. The Morgan fingerprint density at radius 3 is 2.67 bits per heavy atom. The molecule has 1 saturated heterocycles. The third-order valence-corrected chi connectivity index (χ3v) is 5.22. The molecule has 2 unspecified atom stereocenters. The SMILES string of the molecule is CCCCCC(=O)N1CC2Oc3ccc(C(F)(F)F)cc3C(=O)N(C)C2C1. The van der Waals surface area contributed by atoms with Gasteiger partial charge in [-0.05, 0) is 24.6 Å². The Kier molecular flexibility index (Phi) is 5.35. The van der Waals surface area contributed by atoms with Gasteiger partial charge in [-0.3, -0.25) is 9.59 Å². The molecule has 2 atom stereocenters. The van der Waals surface area contributed by atoms with E-state index in [1.165, 1.54) is 11.0 Å². The van der Waals surface area contributed by atoms with E-state index in [0.717, 1.165) is 31.4 Å². The number of likely N-dealkylation sites (N-methyl/N-ethyl adjacent to an activating group) is 1. The van der Waals surface area contributed by atoms with Crippen molar-refractivity contribution in [3.8, 4) is 5.75 Å². The zero-order chi connectivity index (χ0) is 19.8. The summed E-state index contributed by atoms with van der Waals surface area (Å²) in [7, 11) is 1.55. The lowest BCUT2D eigenvalue weighted by Gasteiger charge is -2.25. The summed E-state index contributed by atoms with van der Waals surface area (Å²) in [4.78, 5) is 28.2. The first-order chi connectivity index (χ1) is 12.7. The highest BCUT2D eigenvalue weighted by molar-refractivity contribution is 5.97. The molecule has 0 N–H and O–H groups in total. The van der Waals surface area contributed by atoms with E-state index in [-0.39, 0.29) is 23.3 Å². The van der Waals surface area contributed by atoms with Crippen LogP contribution >= 0.6 is 0 Å². The van der Waals surface area contributed by atoms with Crippen molar-refractivity contribution in [1.82, 2.24) is 9.80 Å². The summed E-state index contributed by atoms with van der Waals surface area (Å²) in [5, 5.41) is 0. The predicted molar refractivity (Wildman–Crippen MR) is 92.5 cm³/mol. The third-order valence-electron chi connectivity index (χ3n) is 5.22. The first-order valence-electron chi connectivity index (χ1n) is 9.15. The van der Waals surface area contributed by atoms with E-state index in [1.807, 2.05) is 0 Å². The molecule has 3 rings (SSSR count). The summed E-state index contributed by atoms with van der Waals surface area (Å²) in [6.07, 6.45) is -1.70. The van der Waals surface area contributed by atoms with Crippen molar-refractivity contribution >= 4 is 11.8 Å². The van der Waals surface area contributed by atoms with Crippen molar-refractivity contribution in [2.24, 2.45) is 0 Å². The molecule has 2 aliphatic rings. The van der Waals surface area contributed by atoms with Crippen LogP contribution in [0.2, 0.25) is 0 Å². The monoisotopic (exact) mass is 384 g/mol. The van der Waals surface area contributed by atoms with E-state index >= 15 is 0 Å². The van der Waals surface area contributed by atoms with Crippen molar-refractivity contribution in [3.63, 3.8) is 0 Å². The first-order valence-corrected chi connectivity index (χ1v) is 9.15. The number of carbonyl (C=O) groups excluding carboxylic acids is 2. The van der Waals surface area contributed by atoms with E-state index in [4.69, 9.17) is 4.74 Å². The molecule has 2 amide bonds. The van der Waals surface area contributed by atoms with Gasteiger partial charge in [0.1, 0.15) is 11.9 Å². The summed E-state index contributed by atoms with van der Waals surface area (Å²) in [5.41, 5.74) is -0.978. The van der Waals surface area contributed by atoms with E-state index in [1.54, 1.807) is 11.9 Å². The van der Waals surface area contributed by atoms with Gasteiger partial charge in [0, 0.05) is 20.0 Å². The molecule has 2 heterocycles. The Balaban J connectivity index is 1.80. The molecule has 0 saturated carbocycles.